The van der Waals surface area contributed by atoms with E-state index in [1.54, 1.807) is 42.6 Å². The summed E-state index contributed by atoms with van der Waals surface area (Å²) in [4.78, 5) is 34.8. The van der Waals surface area contributed by atoms with Crippen molar-refractivity contribution in [3.8, 4) is 11.5 Å². The van der Waals surface area contributed by atoms with Crippen LogP contribution in [0.25, 0.3) is 11.5 Å². The first kappa shape index (κ1) is 26.0. The second-order valence-corrected chi connectivity index (χ2v) is 10.6. The molecule has 9 nitrogen and oxygen atoms in total. The zero-order valence-electron chi connectivity index (χ0n) is 21.8. The monoisotopic (exact) mass is 515 g/mol. The molecule has 0 spiro atoms. The quantitative estimate of drug-likeness (QED) is 0.393. The van der Waals surface area contributed by atoms with Crippen LogP contribution < -0.4 is 16.4 Å². The first-order valence-electron chi connectivity index (χ1n) is 13.9. The van der Waals surface area contributed by atoms with Crippen LogP contribution in [-0.2, 0) is 4.79 Å². The van der Waals surface area contributed by atoms with Crippen LogP contribution >= 0.6 is 0 Å². The van der Waals surface area contributed by atoms with Crippen molar-refractivity contribution in [1.82, 2.24) is 25.1 Å². The standard InChI is InChI=1S/C29H37N7O2/c30-29-34-26(24-13-7-8-18-31-24)35-36(29)28(38)21-14-16-23(17-15-21)33-27(37)25(19-20-9-3-1-4-10-20)32-22-11-5-2-6-12-22/h7-8,13-18,20,22,25,32H,1-6,9-12,19H2,(H,33,37)(H2,30,34,35)/t25-/m1/s1. The Hall–Kier alpha value is -3.59. The number of benzene rings is 1. The minimum Gasteiger partial charge on any atom is -0.368 e. The lowest BCUT2D eigenvalue weighted by Gasteiger charge is -2.31. The van der Waals surface area contributed by atoms with Crippen molar-refractivity contribution in [1.29, 1.82) is 0 Å². The van der Waals surface area contributed by atoms with Gasteiger partial charge in [-0.2, -0.15) is 9.67 Å². The predicted molar refractivity (Wildman–Crippen MR) is 147 cm³/mol. The topological polar surface area (TPSA) is 128 Å². The van der Waals surface area contributed by atoms with Gasteiger partial charge in [-0.3, -0.25) is 14.6 Å². The number of nitrogens with two attached hydrogens (primary N) is 1. The molecule has 2 heterocycles. The smallest absolute Gasteiger partial charge is 0.281 e. The predicted octanol–water partition coefficient (Wildman–Crippen LogP) is 4.81. The molecule has 2 aliphatic rings. The highest BCUT2D eigenvalue weighted by Crippen LogP contribution is 2.29. The second kappa shape index (κ2) is 12.3. The summed E-state index contributed by atoms with van der Waals surface area (Å²) in [5, 5.41) is 11.0. The number of nitrogens with zero attached hydrogens (tertiary/aromatic N) is 4. The SMILES string of the molecule is Nc1nc(-c2ccccn2)nn1C(=O)c1ccc(NC(=O)[C@@H](CC2CCCCC2)NC2CCCCC2)cc1. The van der Waals surface area contributed by atoms with E-state index < -0.39 is 5.91 Å². The number of anilines is 2. The van der Waals surface area contributed by atoms with Gasteiger partial charge in [0.1, 0.15) is 5.69 Å². The first-order valence-corrected chi connectivity index (χ1v) is 13.9. The highest BCUT2D eigenvalue weighted by molar-refractivity contribution is 5.98. The highest BCUT2D eigenvalue weighted by atomic mass is 16.2. The summed E-state index contributed by atoms with van der Waals surface area (Å²) in [6.45, 7) is 0. The van der Waals surface area contributed by atoms with E-state index in [1.807, 2.05) is 6.07 Å². The van der Waals surface area contributed by atoms with Crippen molar-refractivity contribution >= 4 is 23.5 Å². The second-order valence-electron chi connectivity index (χ2n) is 10.6. The number of nitrogens with one attached hydrogen (secondary N) is 2. The molecule has 1 amide bonds. The van der Waals surface area contributed by atoms with E-state index in [2.05, 4.69) is 25.7 Å². The van der Waals surface area contributed by atoms with Crippen molar-refractivity contribution in [3.05, 3.63) is 54.2 Å². The largest absolute Gasteiger partial charge is 0.368 e. The van der Waals surface area contributed by atoms with Gasteiger partial charge in [0.15, 0.2) is 0 Å². The number of hydrogen-bond acceptors (Lipinski definition) is 7. The number of rotatable bonds is 8. The van der Waals surface area contributed by atoms with Crippen LogP contribution in [0.15, 0.2) is 48.7 Å². The minimum absolute atomic E-state index is 0.000692. The van der Waals surface area contributed by atoms with Crippen molar-refractivity contribution in [3.63, 3.8) is 0 Å². The Morgan fingerprint density at radius 1 is 0.947 bits per heavy atom. The summed E-state index contributed by atoms with van der Waals surface area (Å²) in [5.41, 5.74) is 7.57. The average molecular weight is 516 g/mol. The molecule has 1 aromatic carbocycles. The van der Waals surface area contributed by atoms with Crippen molar-refractivity contribution in [2.75, 3.05) is 11.1 Å². The number of amides is 1. The van der Waals surface area contributed by atoms with E-state index in [0.29, 0.717) is 28.9 Å². The van der Waals surface area contributed by atoms with Gasteiger partial charge in [-0.25, -0.2) is 0 Å². The number of carbonyl (C=O) groups excluding carboxylic acids is 2. The highest BCUT2D eigenvalue weighted by Gasteiger charge is 2.27. The van der Waals surface area contributed by atoms with Gasteiger partial charge in [0, 0.05) is 23.5 Å². The van der Waals surface area contributed by atoms with E-state index in [1.165, 1.54) is 51.4 Å². The fourth-order valence-electron chi connectivity index (χ4n) is 5.69. The zero-order valence-corrected chi connectivity index (χ0v) is 21.8. The molecule has 38 heavy (non-hydrogen) atoms. The van der Waals surface area contributed by atoms with Crippen molar-refractivity contribution in [2.45, 2.75) is 82.7 Å². The van der Waals surface area contributed by atoms with Gasteiger partial charge in [0.05, 0.1) is 6.04 Å². The van der Waals surface area contributed by atoms with E-state index in [4.69, 9.17) is 5.73 Å². The Kier molecular flexibility index (Phi) is 8.43. The maximum absolute atomic E-state index is 13.4. The van der Waals surface area contributed by atoms with Crippen LogP contribution in [0.2, 0.25) is 0 Å². The summed E-state index contributed by atoms with van der Waals surface area (Å²) in [5.74, 6) is 0.479. The van der Waals surface area contributed by atoms with Gasteiger partial charge in [-0.15, -0.1) is 5.10 Å². The Morgan fingerprint density at radius 2 is 1.66 bits per heavy atom. The lowest BCUT2D eigenvalue weighted by atomic mass is 9.84. The normalized spacial score (nSPS) is 17.7. The van der Waals surface area contributed by atoms with E-state index in [-0.39, 0.29) is 23.7 Å². The molecule has 0 aliphatic heterocycles. The van der Waals surface area contributed by atoms with Crippen molar-refractivity contribution < 1.29 is 9.59 Å². The molecule has 4 N–H and O–H groups in total. The summed E-state index contributed by atoms with van der Waals surface area (Å²) in [6, 6.07) is 12.4. The molecule has 0 unspecified atom stereocenters. The molecule has 2 aromatic heterocycles. The van der Waals surface area contributed by atoms with Crippen LogP contribution in [-0.4, -0.2) is 43.6 Å². The molecule has 2 fully saturated rings. The maximum atomic E-state index is 13.4. The molecule has 200 valence electrons. The van der Waals surface area contributed by atoms with E-state index >= 15 is 0 Å². The van der Waals surface area contributed by atoms with Gasteiger partial charge in [0.25, 0.3) is 5.91 Å². The number of aromatic nitrogens is 4. The van der Waals surface area contributed by atoms with Gasteiger partial charge >= 0.3 is 0 Å². The molecule has 0 saturated heterocycles. The molecule has 3 aromatic rings. The third-order valence-electron chi connectivity index (χ3n) is 7.77. The number of carbonyl (C=O) groups is 2. The summed E-state index contributed by atoms with van der Waals surface area (Å²) in [7, 11) is 0. The van der Waals surface area contributed by atoms with Crippen LogP contribution in [0.3, 0.4) is 0 Å². The van der Waals surface area contributed by atoms with Crippen molar-refractivity contribution in [2.24, 2.45) is 5.92 Å². The van der Waals surface area contributed by atoms with Crippen LogP contribution in [0.4, 0.5) is 11.6 Å². The maximum Gasteiger partial charge on any atom is 0.281 e. The van der Waals surface area contributed by atoms with Crippen LogP contribution in [0.1, 0.15) is 81.0 Å². The van der Waals surface area contributed by atoms with E-state index in [9.17, 15) is 9.59 Å². The number of pyridine rings is 1. The van der Waals surface area contributed by atoms with Gasteiger partial charge in [-0.05, 0) is 61.6 Å². The van der Waals surface area contributed by atoms with Crippen LogP contribution in [0, 0.1) is 5.92 Å². The Balaban J connectivity index is 1.25. The number of nitrogen functional groups attached to an aromatic ring is 1. The average Bonchev–Trinajstić information content (AvgIpc) is 3.36. The summed E-state index contributed by atoms with van der Waals surface area (Å²) >= 11 is 0. The molecule has 0 radical (unpaired) electrons. The lowest BCUT2D eigenvalue weighted by Crippen LogP contribution is -2.47. The summed E-state index contributed by atoms with van der Waals surface area (Å²) < 4.78 is 1.08. The minimum atomic E-state index is -0.399. The summed E-state index contributed by atoms with van der Waals surface area (Å²) in [6.07, 6.45) is 14.8. The molecule has 2 aliphatic carbocycles. The molecular weight excluding hydrogens is 478 g/mol. The van der Waals surface area contributed by atoms with Gasteiger partial charge in [-0.1, -0.05) is 57.4 Å². The van der Waals surface area contributed by atoms with E-state index in [0.717, 1.165) is 23.9 Å². The Bertz CT molecular complexity index is 1190. The molecule has 1 atom stereocenters. The molecule has 0 bridgehead atoms. The number of hydrogen-bond donors (Lipinski definition) is 3. The third-order valence-corrected chi connectivity index (χ3v) is 7.77. The lowest BCUT2D eigenvalue weighted by molar-refractivity contribution is -0.119. The zero-order chi connectivity index (χ0) is 26.3. The molecule has 9 heteroatoms. The van der Waals surface area contributed by atoms with Crippen LogP contribution in [0.5, 0.6) is 0 Å². The van der Waals surface area contributed by atoms with Gasteiger partial charge in [0.2, 0.25) is 17.7 Å². The Labute approximate surface area is 223 Å². The Morgan fingerprint density at radius 3 is 2.34 bits per heavy atom. The molecule has 2 saturated carbocycles. The third kappa shape index (κ3) is 6.45. The van der Waals surface area contributed by atoms with Gasteiger partial charge < -0.3 is 16.4 Å². The fourth-order valence-corrected chi connectivity index (χ4v) is 5.69. The molecule has 5 rings (SSSR count). The first-order chi connectivity index (χ1) is 18.6. The fraction of sp³-hybridized carbons (Fsp3) is 0.483. The molecular formula is C29H37N7O2.